The zero-order valence-corrected chi connectivity index (χ0v) is 14.6. The summed E-state index contributed by atoms with van der Waals surface area (Å²) >= 11 is 0. The van der Waals surface area contributed by atoms with Gasteiger partial charge in [0, 0.05) is 56.8 Å². The number of hydrogen-bond donors (Lipinski definition) is 2. The van der Waals surface area contributed by atoms with Crippen molar-refractivity contribution in [3.8, 4) is 0 Å². The lowest BCUT2D eigenvalue weighted by Gasteiger charge is -2.27. The Kier molecular flexibility index (Phi) is 5.05. The highest BCUT2D eigenvalue weighted by molar-refractivity contribution is 5.79. The minimum absolute atomic E-state index is 0.0863. The summed E-state index contributed by atoms with van der Waals surface area (Å²) < 4.78 is 10.9. The van der Waals surface area contributed by atoms with E-state index < -0.39 is 0 Å². The number of nitrogens with one attached hydrogen (secondary N) is 1. The molecular weight excluding hydrogens is 322 g/mol. The van der Waals surface area contributed by atoms with Crippen molar-refractivity contribution in [2.75, 3.05) is 26.3 Å². The van der Waals surface area contributed by atoms with E-state index >= 15 is 0 Å². The smallest absolute Gasteiger partial charge is 0.223 e. The van der Waals surface area contributed by atoms with Crippen molar-refractivity contribution in [1.82, 2.24) is 15.4 Å². The number of aliphatic hydroxyl groups excluding tert-OH is 1. The van der Waals surface area contributed by atoms with Gasteiger partial charge in [-0.2, -0.15) is 0 Å². The van der Waals surface area contributed by atoms with Crippen LogP contribution in [0.5, 0.6) is 0 Å². The van der Waals surface area contributed by atoms with E-state index in [9.17, 15) is 9.90 Å². The zero-order chi connectivity index (χ0) is 17.2. The number of ether oxygens (including phenoxy) is 1. The fourth-order valence-corrected chi connectivity index (χ4v) is 4.16. The molecule has 1 amide bonds. The van der Waals surface area contributed by atoms with Gasteiger partial charge >= 0.3 is 0 Å². The largest absolute Gasteiger partial charge is 0.392 e. The molecule has 2 N–H and O–H groups in total. The van der Waals surface area contributed by atoms with Crippen LogP contribution in [0, 0.1) is 5.92 Å². The van der Waals surface area contributed by atoms with Crippen LogP contribution >= 0.6 is 0 Å². The Bertz CT molecular complexity index is 611. The van der Waals surface area contributed by atoms with Gasteiger partial charge in [-0.15, -0.1) is 0 Å². The summed E-state index contributed by atoms with van der Waals surface area (Å²) in [6, 6.07) is 0.158. The van der Waals surface area contributed by atoms with Crippen LogP contribution in [-0.4, -0.2) is 59.5 Å². The van der Waals surface area contributed by atoms with E-state index in [2.05, 4.69) is 15.4 Å². The van der Waals surface area contributed by atoms with Crippen LogP contribution in [0.3, 0.4) is 0 Å². The number of carbonyl (C=O) groups excluding carboxylic acids is 1. The third-order valence-electron chi connectivity index (χ3n) is 5.68. The van der Waals surface area contributed by atoms with Crippen molar-refractivity contribution in [2.45, 2.75) is 57.2 Å². The minimum Gasteiger partial charge on any atom is -0.392 e. The molecule has 2 fully saturated rings. The molecule has 0 aromatic carbocycles. The maximum Gasteiger partial charge on any atom is 0.223 e. The average Bonchev–Trinajstić information content (AvgIpc) is 3.22. The summed E-state index contributed by atoms with van der Waals surface area (Å²) in [6.07, 6.45) is 4.75. The minimum atomic E-state index is -0.228. The lowest BCUT2D eigenvalue weighted by Crippen LogP contribution is -2.43. The van der Waals surface area contributed by atoms with Crippen molar-refractivity contribution in [3.63, 3.8) is 0 Å². The molecule has 138 valence electrons. The van der Waals surface area contributed by atoms with Gasteiger partial charge in [-0.25, -0.2) is 0 Å². The fourth-order valence-electron chi connectivity index (χ4n) is 4.16. The first-order chi connectivity index (χ1) is 12.2. The molecule has 0 radical (unpaired) electrons. The van der Waals surface area contributed by atoms with Crippen molar-refractivity contribution >= 4 is 5.91 Å². The summed E-state index contributed by atoms with van der Waals surface area (Å²) in [6.45, 7) is 3.68. The van der Waals surface area contributed by atoms with Crippen molar-refractivity contribution < 1.29 is 19.2 Å². The van der Waals surface area contributed by atoms with E-state index in [1.165, 1.54) is 0 Å². The van der Waals surface area contributed by atoms with E-state index in [4.69, 9.17) is 9.26 Å². The standard InChI is InChI=1S/C18H27N3O4/c22-14-3-6-21(10-14)11-16-15-9-13(1-2-17(15)25-20-16)19-18(23)12-4-7-24-8-5-12/h12-14,22H,1-11H2,(H,19,23)/t13?,14-/m1/s1. The molecule has 7 nitrogen and oxygen atoms in total. The molecule has 2 saturated heterocycles. The second kappa shape index (κ2) is 7.43. The van der Waals surface area contributed by atoms with E-state index in [1.807, 2.05) is 0 Å². The lowest BCUT2D eigenvalue weighted by molar-refractivity contribution is -0.128. The van der Waals surface area contributed by atoms with Crippen LogP contribution in [0.15, 0.2) is 4.52 Å². The van der Waals surface area contributed by atoms with Crippen LogP contribution in [0.4, 0.5) is 0 Å². The molecule has 25 heavy (non-hydrogen) atoms. The first kappa shape index (κ1) is 17.0. The van der Waals surface area contributed by atoms with Crippen LogP contribution in [-0.2, 0) is 28.9 Å². The molecule has 1 unspecified atom stereocenters. The van der Waals surface area contributed by atoms with Gasteiger partial charge < -0.3 is 19.7 Å². The molecule has 3 heterocycles. The Labute approximate surface area is 147 Å². The number of likely N-dealkylation sites (tertiary alicyclic amines) is 1. The van der Waals surface area contributed by atoms with Gasteiger partial charge in [-0.05, 0) is 32.1 Å². The normalized spacial score (nSPS) is 28.0. The molecule has 2 atom stereocenters. The number of aromatic nitrogens is 1. The third kappa shape index (κ3) is 3.88. The molecule has 3 aliphatic rings. The highest BCUT2D eigenvalue weighted by atomic mass is 16.5. The Morgan fingerprint density at radius 1 is 1.28 bits per heavy atom. The summed E-state index contributed by atoms with van der Waals surface area (Å²) in [5.41, 5.74) is 2.12. The van der Waals surface area contributed by atoms with Gasteiger partial charge in [0.1, 0.15) is 11.5 Å². The number of rotatable bonds is 4. The molecular formula is C18H27N3O4. The number of fused-ring (bicyclic) bond motifs is 1. The SMILES string of the molecule is O=C(NC1CCc2onc(CN3CC[C@@H](O)C3)c2C1)C1CCOCC1. The molecule has 4 rings (SSSR count). The predicted molar refractivity (Wildman–Crippen MR) is 89.9 cm³/mol. The number of carbonyl (C=O) groups is 1. The van der Waals surface area contributed by atoms with Crippen molar-refractivity contribution in [3.05, 3.63) is 17.0 Å². The lowest BCUT2D eigenvalue weighted by atomic mass is 9.90. The fraction of sp³-hybridized carbons (Fsp3) is 0.778. The maximum absolute atomic E-state index is 12.5. The summed E-state index contributed by atoms with van der Waals surface area (Å²) in [7, 11) is 0. The average molecular weight is 349 g/mol. The third-order valence-corrected chi connectivity index (χ3v) is 5.68. The van der Waals surface area contributed by atoms with E-state index in [-0.39, 0.29) is 24.0 Å². The van der Waals surface area contributed by atoms with Crippen molar-refractivity contribution in [1.29, 1.82) is 0 Å². The Morgan fingerprint density at radius 3 is 2.88 bits per heavy atom. The first-order valence-electron chi connectivity index (χ1n) is 9.44. The summed E-state index contributed by atoms with van der Waals surface area (Å²) in [5.74, 6) is 1.21. The van der Waals surface area contributed by atoms with Gasteiger partial charge in [0.15, 0.2) is 0 Å². The Hall–Kier alpha value is -1.44. The first-order valence-corrected chi connectivity index (χ1v) is 9.44. The molecule has 0 saturated carbocycles. The van der Waals surface area contributed by atoms with Crippen LogP contribution in [0.1, 0.15) is 42.7 Å². The molecule has 2 aliphatic heterocycles. The number of aryl methyl sites for hydroxylation is 1. The number of amides is 1. The van der Waals surface area contributed by atoms with Crippen LogP contribution in [0.25, 0.3) is 0 Å². The van der Waals surface area contributed by atoms with Crippen LogP contribution in [0.2, 0.25) is 0 Å². The highest BCUT2D eigenvalue weighted by Crippen LogP contribution is 2.27. The van der Waals surface area contributed by atoms with Gasteiger partial charge in [0.25, 0.3) is 0 Å². The maximum atomic E-state index is 12.5. The molecule has 1 aromatic rings. The Balaban J connectivity index is 1.36. The molecule has 0 bridgehead atoms. The number of aliphatic hydroxyl groups is 1. The molecule has 1 aromatic heterocycles. The van der Waals surface area contributed by atoms with Crippen LogP contribution < -0.4 is 5.32 Å². The predicted octanol–water partition coefficient (Wildman–Crippen LogP) is 0.641. The molecule has 1 aliphatic carbocycles. The number of nitrogens with zero attached hydrogens (tertiary/aromatic N) is 2. The summed E-state index contributed by atoms with van der Waals surface area (Å²) in [4.78, 5) is 14.7. The molecule has 0 spiro atoms. The van der Waals surface area contributed by atoms with Gasteiger partial charge in [-0.1, -0.05) is 5.16 Å². The second-order valence-electron chi connectivity index (χ2n) is 7.54. The second-order valence-corrected chi connectivity index (χ2v) is 7.54. The van der Waals surface area contributed by atoms with E-state index in [1.54, 1.807) is 0 Å². The number of hydrogen-bond acceptors (Lipinski definition) is 6. The Morgan fingerprint density at radius 2 is 2.12 bits per heavy atom. The number of β-amino-alcohol motifs (C(OH)–C–C–N with tert-alkyl or cyclic N) is 1. The molecule has 7 heteroatoms. The van der Waals surface area contributed by atoms with Crippen molar-refractivity contribution in [2.24, 2.45) is 5.92 Å². The van der Waals surface area contributed by atoms with Gasteiger partial charge in [0.2, 0.25) is 5.91 Å². The van der Waals surface area contributed by atoms with Gasteiger partial charge in [-0.3, -0.25) is 9.69 Å². The van der Waals surface area contributed by atoms with E-state index in [0.717, 1.165) is 68.6 Å². The monoisotopic (exact) mass is 349 g/mol. The van der Waals surface area contributed by atoms with Gasteiger partial charge in [0.05, 0.1) is 6.10 Å². The zero-order valence-electron chi connectivity index (χ0n) is 14.6. The quantitative estimate of drug-likeness (QED) is 0.829. The highest BCUT2D eigenvalue weighted by Gasteiger charge is 2.30. The topological polar surface area (TPSA) is 87.8 Å². The summed E-state index contributed by atoms with van der Waals surface area (Å²) in [5, 5.41) is 17.2. The van der Waals surface area contributed by atoms with E-state index in [0.29, 0.717) is 19.8 Å².